The van der Waals surface area contributed by atoms with E-state index in [1.165, 1.54) is 37.7 Å². The second kappa shape index (κ2) is 6.95. The molecule has 138 valence electrons. The molecule has 6 unspecified atom stereocenters. The fourth-order valence-electron chi connectivity index (χ4n) is 5.72. The number of benzene rings is 1. The van der Waals surface area contributed by atoms with Crippen molar-refractivity contribution < 1.29 is 9.47 Å². The van der Waals surface area contributed by atoms with Crippen molar-refractivity contribution in [2.75, 3.05) is 0 Å². The van der Waals surface area contributed by atoms with Crippen LogP contribution in [0.1, 0.15) is 71.3 Å². The standard InChI is InChI=1S/C23H34O2/c1-14(2)16-8-10-18(11-9-16)24-23(15(3)4)25-22-13-17-12-21(22)20-7-5-6-19(17)20/h8-11,14-15,17,19-23H,5-7,12-13H2,1-4H3. The molecule has 0 aromatic heterocycles. The average molecular weight is 343 g/mol. The van der Waals surface area contributed by atoms with Gasteiger partial charge in [-0.25, -0.2) is 0 Å². The van der Waals surface area contributed by atoms with Crippen LogP contribution >= 0.6 is 0 Å². The predicted octanol–water partition coefficient (Wildman–Crippen LogP) is 6.01. The summed E-state index contributed by atoms with van der Waals surface area (Å²) in [5.41, 5.74) is 1.36. The first-order valence-electron chi connectivity index (χ1n) is 10.4. The van der Waals surface area contributed by atoms with Gasteiger partial charge in [0, 0.05) is 5.92 Å². The lowest BCUT2D eigenvalue weighted by Gasteiger charge is -2.35. The molecule has 4 rings (SSSR count). The summed E-state index contributed by atoms with van der Waals surface area (Å²) in [4.78, 5) is 0. The topological polar surface area (TPSA) is 18.5 Å². The molecule has 0 spiro atoms. The predicted molar refractivity (Wildman–Crippen MR) is 102 cm³/mol. The normalized spacial score (nSPS) is 34.7. The maximum absolute atomic E-state index is 6.57. The highest BCUT2D eigenvalue weighted by Gasteiger charge is 2.54. The largest absolute Gasteiger partial charge is 0.465 e. The summed E-state index contributed by atoms with van der Waals surface area (Å²) in [5, 5.41) is 0. The van der Waals surface area contributed by atoms with Gasteiger partial charge in [-0.3, -0.25) is 0 Å². The van der Waals surface area contributed by atoms with Gasteiger partial charge in [0.25, 0.3) is 0 Å². The van der Waals surface area contributed by atoms with Gasteiger partial charge in [0.05, 0.1) is 6.10 Å². The van der Waals surface area contributed by atoms with E-state index < -0.39 is 0 Å². The van der Waals surface area contributed by atoms with Gasteiger partial charge in [0.1, 0.15) is 5.75 Å². The van der Waals surface area contributed by atoms with Crippen LogP contribution in [0.3, 0.4) is 0 Å². The molecule has 3 fully saturated rings. The van der Waals surface area contributed by atoms with Crippen molar-refractivity contribution in [3.8, 4) is 5.75 Å². The minimum Gasteiger partial charge on any atom is -0.465 e. The monoisotopic (exact) mass is 342 g/mol. The molecule has 3 aliphatic rings. The lowest BCUT2D eigenvalue weighted by atomic mass is 9.80. The molecule has 6 atom stereocenters. The molecule has 0 heterocycles. The highest BCUT2D eigenvalue weighted by atomic mass is 16.7. The van der Waals surface area contributed by atoms with Crippen LogP contribution in [-0.2, 0) is 4.74 Å². The smallest absolute Gasteiger partial charge is 0.202 e. The molecule has 0 radical (unpaired) electrons. The van der Waals surface area contributed by atoms with Crippen LogP contribution in [0.25, 0.3) is 0 Å². The maximum Gasteiger partial charge on any atom is 0.202 e. The average Bonchev–Trinajstić information content (AvgIpc) is 3.27. The first kappa shape index (κ1) is 17.4. The minimum atomic E-state index is -0.130. The summed E-state index contributed by atoms with van der Waals surface area (Å²) >= 11 is 0. The second-order valence-corrected chi connectivity index (χ2v) is 9.28. The molecule has 2 nitrogen and oxygen atoms in total. The zero-order chi connectivity index (χ0) is 17.6. The minimum absolute atomic E-state index is 0.130. The molecule has 3 aliphatic carbocycles. The number of rotatable bonds is 6. The summed E-state index contributed by atoms with van der Waals surface area (Å²) in [6.45, 7) is 8.86. The Morgan fingerprint density at radius 2 is 1.60 bits per heavy atom. The van der Waals surface area contributed by atoms with E-state index in [0.29, 0.717) is 17.9 Å². The second-order valence-electron chi connectivity index (χ2n) is 9.28. The summed E-state index contributed by atoms with van der Waals surface area (Å²) < 4.78 is 12.8. The van der Waals surface area contributed by atoms with E-state index in [0.717, 1.165) is 29.4 Å². The third-order valence-electron chi connectivity index (χ3n) is 7.02. The summed E-state index contributed by atoms with van der Waals surface area (Å²) in [6.07, 6.45) is 7.33. The van der Waals surface area contributed by atoms with Gasteiger partial charge in [-0.2, -0.15) is 0 Å². The molecular weight excluding hydrogens is 308 g/mol. The fraction of sp³-hybridized carbons (Fsp3) is 0.739. The zero-order valence-corrected chi connectivity index (χ0v) is 16.3. The van der Waals surface area contributed by atoms with Gasteiger partial charge in [0.15, 0.2) is 0 Å². The highest BCUT2D eigenvalue weighted by Crippen LogP contribution is 2.59. The lowest BCUT2D eigenvalue weighted by Crippen LogP contribution is -2.37. The van der Waals surface area contributed by atoms with Crippen LogP contribution in [-0.4, -0.2) is 12.4 Å². The van der Waals surface area contributed by atoms with E-state index in [9.17, 15) is 0 Å². The zero-order valence-electron chi connectivity index (χ0n) is 16.3. The molecule has 2 heteroatoms. The molecule has 3 saturated carbocycles. The number of fused-ring (bicyclic) bond motifs is 5. The van der Waals surface area contributed by atoms with Gasteiger partial charge in [-0.1, -0.05) is 46.2 Å². The van der Waals surface area contributed by atoms with E-state index in [1.807, 2.05) is 0 Å². The van der Waals surface area contributed by atoms with Crippen LogP contribution in [0.15, 0.2) is 24.3 Å². The van der Waals surface area contributed by atoms with Crippen molar-refractivity contribution in [2.24, 2.45) is 29.6 Å². The van der Waals surface area contributed by atoms with Crippen molar-refractivity contribution >= 4 is 0 Å². The van der Waals surface area contributed by atoms with E-state index in [1.54, 1.807) is 0 Å². The van der Waals surface area contributed by atoms with Crippen molar-refractivity contribution in [2.45, 2.75) is 78.1 Å². The first-order valence-corrected chi connectivity index (χ1v) is 10.4. The van der Waals surface area contributed by atoms with Crippen LogP contribution in [0.5, 0.6) is 5.75 Å². The Balaban J connectivity index is 1.40. The maximum atomic E-state index is 6.57. The van der Waals surface area contributed by atoms with Crippen molar-refractivity contribution in [1.29, 1.82) is 0 Å². The van der Waals surface area contributed by atoms with E-state index in [4.69, 9.17) is 9.47 Å². The molecule has 25 heavy (non-hydrogen) atoms. The molecule has 0 amide bonds. The third kappa shape index (κ3) is 3.35. The number of hydrogen-bond donors (Lipinski definition) is 0. The van der Waals surface area contributed by atoms with E-state index >= 15 is 0 Å². The summed E-state index contributed by atoms with van der Waals surface area (Å²) in [5.74, 6) is 5.55. The molecule has 0 N–H and O–H groups in total. The van der Waals surface area contributed by atoms with Gasteiger partial charge < -0.3 is 9.47 Å². The van der Waals surface area contributed by atoms with Gasteiger partial charge in [0.2, 0.25) is 6.29 Å². The Kier molecular flexibility index (Phi) is 4.83. The molecular formula is C23H34O2. The molecule has 1 aromatic rings. The highest BCUT2D eigenvalue weighted by molar-refractivity contribution is 5.29. The molecule has 1 aromatic carbocycles. The van der Waals surface area contributed by atoms with Crippen molar-refractivity contribution in [3.05, 3.63) is 29.8 Å². The van der Waals surface area contributed by atoms with Gasteiger partial charge in [-0.15, -0.1) is 0 Å². The quantitative estimate of drug-likeness (QED) is 0.589. The van der Waals surface area contributed by atoms with Gasteiger partial charge in [-0.05, 0) is 73.0 Å². The SMILES string of the molecule is CC(C)c1ccc(OC(OC2CC3CC2C2CCCC32)C(C)C)cc1. The van der Waals surface area contributed by atoms with Crippen molar-refractivity contribution in [1.82, 2.24) is 0 Å². The number of ether oxygens (including phenoxy) is 2. The summed E-state index contributed by atoms with van der Waals surface area (Å²) in [6, 6.07) is 8.56. The lowest BCUT2D eigenvalue weighted by molar-refractivity contribution is -0.162. The van der Waals surface area contributed by atoms with Crippen LogP contribution < -0.4 is 4.74 Å². The fourth-order valence-corrected chi connectivity index (χ4v) is 5.72. The molecule has 2 bridgehead atoms. The van der Waals surface area contributed by atoms with Crippen molar-refractivity contribution in [3.63, 3.8) is 0 Å². The Hall–Kier alpha value is -1.02. The Morgan fingerprint density at radius 1 is 0.880 bits per heavy atom. The molecule has 0 aliphatic heterocycles. The molecule has 0 saturated heterocycles. The Bertz CT molecular complexity index is 576. The Morgan fingerprint density at radius 3 is 2.28 bits per heavy atom. The van der Waals surface area contributed by atoms with Crippen LogP contribution in [0.2, 0.25) is 0 Å². The number of hydrogen-bond acceptors (Lipinski definition) is 2. The van der Waals surface area contributed by atoms with E-state index in [-0.39, 0.29) is 6.29 Å². The first-order chi connectivity index (χ1) is 12.0. The Labute approximate surface area is 153 Å². The van der Waals surface area contributed by atoms with E-state index in [2.05, 4.69) is 52.0 Å². The van der Waals surface area contributed by atoms with Gasteiger partial charge >= 0.3 is 0 Å². The summed E-state index contributed by atoms with van der Waals surface area (Å²) in [7, 11) is 0. The van der Waals surface area contributed by atoms with Crippen LogP contribution in [0.4, 0.5) is 0 Å². The van der Waals surface area contributed by atoms with Crippen LogP contribution in [0, 0.1) is 29.6 Å². The third-order valence-corrected chi connectivity index (χ3v) is 7.02.